The normalized spacial score (nSPS) is 11.2. The summed E-state index contributed by atoms with van der Waals surface area (Å²) in [5.41, 5.74) is 2.64. The zero-order valence-electron chi connectivity index (χ0n) is 12.3. The van der Waals surface area contributed by atoms with Gasteiger partial charge in [-0.2, -0.15) is 0 Å². The van der Waals surface area contributed by atoms with Gasteiger partial charge in [0.15, 0.2) is 0 Å². The maximum atomic E-state index is 11.4. The molecule has 4 rings (SSSR count). The lowest BCUT2D eigenvalue weighted by molar-refractivity contribution is 0.0699. The zero-order chi connectivity index (χ0) is 16.7. The first kappa shape index (κ1) is 14.6. The molecule has 118 valence electrons. The first-order valence-corrected chi connectivity index (χ1v) is 7.56. The summed E-state index contributed by atoms with van der Waals surface area (Å²) in [6.45, 7) is 0.489. The van der Waals surface area contributed by atoms with Crippen molar-refractivity contribution in [3.63, 3.8) is 0 Å². The van der Waals surface area contributed by atoms with Gasteiger partial charge in [-0.25, -0.2) is 14.8 Å². The molecule has 0 atom stereocenters. The van der Waals surface area contributed by atoms with Gasteiger partial charge >= 0.3 is 5.97 Å². The van der Waals surface area contributed by atoms with Crippen LogP contribution in [0.5, 0.6) is 0 Å². The van der Waals surface area contributed by atoms with Crippen LogP contribution in [-0.2, 0) is 6.54 Å². The largest absolute Gasteiger partial charge is 0.478 e. The molecule has 6 nitrogen and oxygen atoms in total. The quantitative estimate of drug-likeness (QED) is 0.619. The van der Waals surface area contributed by atoms with Gasteiger partial charge in [0.2, 0.25) is 0 Å². The van der Waals surface area contributed by atoms with E-state index in [0.717, 1.165) is 16.5 Å². The Balaban J connectivity index is 1.80. The Morgan fingerprint density at radius 3 is 2.92 bits per heavy atom. The SMILES string of the molecule is O=C(O)c1cn(Cc2ccc3ncc(Cl)cc3c2)c2ncncc12. The summed E-state index contributed by atoms with van der Waals surface area (Å²) in [6, 6.07) is 7.71. The standard InChI is InChI=1S/C17H11ClN4O2/c18-12-4-11-3-10(1-2-15(11)20-5-12)7-22-8-14(17(23)24)13-6-19-9-21-16(13)22/h1-6,8-9H,7H2,(H,23,24). The summed E-state index contributed by atoms with van der Waals surface area (Å²) in [5, 5.41) is 11.4. The van der Waals surface area contributed by atoms with Gasteiger partial charge in [0.25, 0.3) is 0 Å². The summed E-state index contributed by atoms with van der Waals surface area (Å²) < 4.78 is 1.81. The Hall–Kier alpha value is -2.99. The van der Waals surface area contributed by atoms with Gasteiger partial charge in [-0.05, 0) is 23.8 Å². The number of carboxylic acid groups (broad SMARTS) is 1. The van der Waals surface area contributed by atoms with Crippen molar-refractivity contribution in [1.29, 1.82) is 0 Å². The molecule has 0 spiro atoms. The zero-order valence-corrected chi connectivity index (χ0v) is 13.1. The van der Waals surface area contributed by atoms with E-state index < -0.39 is 5.97 Å². The molecule has 1 N–H and O–H groups in total. The molecule has 24 heavy (non-hydrogen) atoms. The van der Waals surface area contributed by atoms with Crippen molar-refractivity contribution >= 4 is 39.5 Å². The summed E-state index contributed by atoms with van der Waals surface area (Å²) >= 11 is 6.00. The van der Waals surface area contributed by atoms with E-state index in [0.29, 0.717) is 22.6 Å². The van der Waals surface area contributed by atoms with Gasteiger partial charge in [-0.1, -0.05) is 17.7 Å². The van der Waals surface area contributed by atoms with Gasteiger partial charge < -0.3 is 9.67 Å². The lowest BCUT2D eigenvalue weighted by Gasteiger charge is -2.06. The third kappa shape index (κ3) is 2.47. The van der Waals surface area contributed by atoms with E-state index in [2.05, 4.69) is 15.0 Å². The Bertz CT molecular complexity index is 1090. The molecule has 0 saturated carbocycles. The number of aromatic carboxylic acids is 1. The Morgan fingerprint density at radius 1 is 1.21 bits per heavy atom. The second-order valence-electron chi connectivity index (χ2n) is 5.42. The lowest BCUT2D eigenvalue weighted by atomic mass is 10.1. The average Bonchev–Trinajstić information content (AvgIpc) is 2.94. The van der Waals surface area contributed by atoms with Gasteiger partial charge in [0.1, 0.15) is 12.0 Å². The number of hydrogen-bond donors (Lipinski definition) is 1. The average molecular weight is 339 g/mol. The fourth-order valence-corrected chi connectivity index (χ4v) is 2.94. The van der Waals surface area contributed by atoms with Gasteiger partial charge in [0.05, 0.1) is 21.5 Å². The third-order valence-corrected chi connectivity index (χ3v) is 4.04. The van der Waals surface area contributed by atoms with Crippen molar-refractivity contribution < 1.29 is 9.90 Å². The second kappa shape index (κ2) is 5.58. The molecular weight excluding hydrogens is 328 g/mol. The summed E-state index contributed by atoms with van der Waals surface area (Å²) in [6.07, 6.45) is 6.13. The molecule has 0 unspecified atom stereocenters. The molecule has 0 aliphatic carbocycles. The molecule has 0 aliphatic heterocycles. The van der Waals surface area contributed by atoms with Crippen LogP contribution in [-0.4, -0.2) is 30.6 Å². The third-order valence-electron chi connectivity index (χ3n) is 3.83. The molecular formula is C17H11ClN4O2. The monoisotopic (exact) mass is 338 g/mol. The van der Waals surface area contributed by atoms with Crippen LogP contribution in [0.2, 0.25) is 5.02 Å². The Kier molecular flexibility index (Phi) is 3.39. The van der Waals surface area contributed by atoms with E-state index in [1.165, 1.54) is 12.5 Å². The van der Waals surface area contributed by atoms with Crippen LogP contribution in [0.1, 0.15) is 15.9 Å². The van der Waals surface area contributed by atoms with Crippen LogP contribution in [0.3, 0.4) is 0 Å². The van der Waals surface area contributed by atoms with Crippen molar-refractivity contribution in [2.75, 3.05) is 0 Å². The van der Waals surface area contributed by atoms with Crippen LogP contribution in [0.4, 0.5) is 0 Å². The van der Waals surface area contributed by atoms with Gasteiger partial charge in [0, 0.05) is 30.5 Å². The van der Waals surface area contributed by atoms with Crippen molar-refractivity contribution in [3.05, 3.63) is 65.3 Å². The minimum Gasteiger partial charge on any atom is -0.478 e. The number of benzene rings is 1. The van der Waals surface area contributed by atoms with Crippen LogP contribution < -0.4 is 0 Å². The van der Waals surface area contributed by atoms with Crippen LogP contribution in [0.15, 0.2) is 49.2 Å². The number of carboxylic acids is 1. The molecule has 0 amide bonds. The van der Waals surface area contributed by atoms with E-state index in [1.807, 2.05) is 24.3 Å². The minimum atomic E-state index is -0.997. The van der Waals surface area contributed by atoms with E-state index in [4.69, 9.17) is 11.6 Å². The fourth-order valence-electron chi connectivity index (χ4n) is 2.77. The molecule has 0 aliphatic rings. The van der Waals surface area contributed by atoms with Crippen LogP contribution in [0.25, 0.3) is 21.9 Å². The molecule has 1 aromatic carbocycles. The number of aromatic nitrogens is 4. The lowest BCUT2D eigenvalue weighted by Crippen LogP contribution is -2.00. The smallest absolute Gasteiger partial charge is 0.337 e. The van der Waals surface area contributed by atoms with Crippen LogP contribution >= 0.6 is 11.6 Å². The number of nitrogens with zero attached hydrogens (tertiary/aromatic N) is 4. The highest BCUT2D eigenvalue weighted by molar-refractivity contribution is 6.31. The second-order valence-corrected chi connectivity index (χ2v) is 5.85. The molecule has 0 saturated heterocycles. The fraction of sp³-hybridized carbons (Fsp3) is 0.0588. The molecule has 3 aromatic heterocycles. The van der Waals surface area contributed by atoms with Crippen molar-refractivity contribution in [2.45, 2.75) is 6.54 Å². The maximum absolute atomic E-state index is 11.4. The first-order chi connectivity index (χ1) is 11.6. The number of pyridine rings is 1. The van der Waals surface area contributed by atoms with E-state index in [-0.39, 0.29) is 5.56 Å². The van der Waals surface area contributed by atoms with Crippen molar-refractivity contribution in [3.8, 4) is 0 Å². The summed E-state index contributed by atoms with van der Waals surface area (Å²) in [7, 11) is 0. The van der Waals surface area contributed by atoms with Crippen molar-refractivity contribution in [1.82, 2.24) is 19.5 Å². The van der Waals surface area contributed by atoms with E-state index >= 15 is 0 Å². The molecule has 0 bridgehead atoms. The molecule has 3 heterocycles. The predicted octanol–water partition coefficient (Wildman–Crippen LogP) is 3.38. The summed E-state index contributed by atoms with van der Waals surface area (Å²) in [5.74, 6) is -0.997. The number of halogens is 1. The van der Waals surface area contributed by atoms with E-state index in [1.54, 1.807) is 17.0 Å². The topological polar surface area (TPSA) is 80.9 Å². The number of fused-ring (bicyclic) bond motifs is 2. The molecule has 7 heteroatoms. The highest BCUT2D eigenvalue weighted by Gasteiger charge is 2.15. The first-order valence-electron chi connectivity index (χ1n) is 7.18. The highest BCUT2D eigenvalue weighted by atomic mass is 35.5. The van der Waals surface area contributed by atoms with Gasteiger partial charge in [-0.15, -0.1) is 0 Å². The number of rotatable bonds is 3. The summed E-state index contributed by atoms with van der Waals surface area (Å²) in [4.78, 5) is 23.8. The molecule has 0 fully saturated rings. The van der Waals surface area contributed by atoms with E-state index in [9.17, 15) is 9.90 Å². The Morgan fingerprint density at radius 2 is 2.08 bits per heavy atom. The number of carbonyl (C=O) groups is 1. The molecule has 4 aromatic rings. The predicted molar refractivity (Wildman–Crippen MR) is 90.3 cm³/mol. The highest BCUT2D eigenvalue weighted by Crippen LogP contribution is 2.22. The molecule has 0 radical (unpaired) electrons. The van der Waals surface area contributed by atoms with Gasteiger partial charge in [-0.3, -0.25) is 4.98 Å². The minimum absolute atomic E-state index is 0.191. The number of hydrogen-bond acceptors (Lipinski definition) is 4. The maximum Gasteiger partial charge on any atom is 0.337 e. The van der Waals surface area contributed by atoms with Crippen molar-refractivity contribution in [2.24, 2.45) is 0 Å². The Labute approximate surface area is 141 Å². The van der Waals surface area contributed by atoms with Crippen LogP contribution in [0, 0.1) is 0 Å².